The Morgan fingerprint density at radius 1 is 0.512 bits per heavy atom. The van der Waals surface area contributed by atoms with E-state index in [0.717, 1.165) is 11.1 Å². The van der Waals surface area contributed by atoms with Crippen molar-refractivity contribution in [3.8, 4) is 11.5 Å². The number of para-hydroxylation sites is 2. The fourth-order valence-corrected chi connectivity index (χ4v) is 13.3. The number of aliphatic hydroxyl groups is 8. The summed E-state index contributed by atoms with van der Waals surface area (Å²) in [5, 5.41) is 89.0. The maximum atomic E-state index is 14.6. The average Bonchev–Trinajstić information content (AvgIpc) is 4.37. The fraction of sp³-hybridized carbons (Fsp3) is 0.517. The van der Waals surface area contributed by atoms with Gasteiger partial charge in [0.25, 0.3) is 0 Å². The number of carbonyl (C=O) groups is 4. The number of ketones is 2. The largest absolute Gasteiger partial charge is 0.491 e. The average molecular weight is 1110 g/mol. The number of amides is 2. The van der Waals surface area contributed by atoms with Crippen LogP contribution in [-0.4, -0.2) is 215 Å². The zero-order valence-corrected chi connectivity index (χ0v) is 44.4. The molecule has 4 saturated heterocycles. The first-order valence-corrected chi connectivity index (χ1v) is 27.1. The highest BCUT2D eigenvalue weighted by atomic mass is 16.6. The number of hydrogen-bond donors (Lipinski definition) is 10. The maximum absolute atomic E-state index is 14.6. The van der Waals surface area contributed by atoms with Crippen LogP contribution in [0.25, 0.3) is 0 Å². The number of ether oxygens (including phenoxy) is 6. The monoisotopic (exact) mass is 1110 g/mol. The second kappa shape index (κ2) is 24.0. The van der Waals surface area contributed by atoms with Crippen molar-refractivity contribution in [2.24, 2.45) is 11.8 Å². The van der Waals surface area contributed by atoms with E-state index in [2.05, 4.69) is 10.6 Å². The minimum atomic E-state index is -1.65. The SMILES string of the molecule is CN1C[C@@H](c2ccc(OCCOCCOCCOc3ccc([C@H]4CN(C)[C@@]5(C(=O)Nc6ccccc65)[C@@H]4C(=O)C[C@@H]4O[C@H](CO)[C@@H](O)[C@H](O)[C@H]4O)cc3)cc2)[C@H](C(=O)C[C@@H]2O[C@H](CO)[C@@H](O)[C@H](O)[C@H]2O)[C@@]12C(=O)Nc1ccccc12. The number of nitrogens with zero attached hydrogens (tertiary/aromatic N) is 2. The van der Waals surface area contributed by atoms with Gasteiger partial charge in [0.15, 0.2) is 0 Å². The number of benzene rings is 4. The molecule has 4 aromatic carbocycles. The molecule has 6 aliphatic heterocycles. The van der Waals surface area contributed by atoms with Crippen molar-refractivity contribution in [3.63, 3.8) is 0 Å². The number of nitrogens with one attached hydrogen (secondary N) is 2. The lowest BCUT2D eigenvalue weighted by atomic mass is 9.70. The normalized spacial score (nSPS) is 33.9. The summed E-state index contributed by atoms with van der Waals surface area (Å²) in [7, 11) is 3.59. The molecule has 6 heterocycles. The van der Waals surface area contributed by atoms with Gasteiger partial charge in [-0.3, -0.25) is 29.0 Å². The molecule has 6 aliphatic rings. The molecule has 430 valence electrons. The van der Waals surface area contributed by atoms with Crippen molar-refractivity contribution in [3.05, 3.63) is 119 Å². The van der Waals surface area contributed by atoms with E-state index < -0.39 is 121 Å². The van der Waals surface area contributed by atoms with E-state index in [1.165, 1.54) is 0 Å². The Morgan fingerprint density at radius 2 is 0.863 bits per heavy atom. The minimum absolute atomic E-state index is 0.233. The molecule has 22 heteroatoms. The number of fused-ring (bicyclic) bond motifs is 4. The number of aliphatic hydroxyl groups excluding tert-OH is 8. The first kappa shape index (κ1) is 57.4. The molecule has 0 aliphatic carbocycles. The number of anilines is 2. The van der Waals surface area contributed by atoms with Gasteiger partial charge in [0, 0.05) is 60.3 Å². The molecule has 0 radical (unpaired) electrons. The third kappa shape index (κ3) is 10.2. The molecule has 0 bridgehead atoms. The van der Waals surface area contributed by atoms with Gasteiger partial charge < -0.3 is 79.9 Å². The van der Waals surface area contributed by atoms with Gasteiger partial charge in [-0.2, -0.15) is 0 Å². The number of likely N-dealkylation sites (tertiary alicyclic amines) is 2. The molecule has 10 rings (SSSR count). The molecule has 4 fully saturated rings. The summed E-state index contributed by atoms with van der Waals surface area (Å²) in [6, 6.07) is 28.9. The summed E-state index contributed by atoms with van der Waals surface area (Å²) in [6.07, 6.45) is -15.3. The highest BCUT2D eigenvalue weighted by Crippen LogP contribution is 2.57. The van der Waals surface area contributed by atoms with Crippen molar-refractivity contribution >= 4 is 34.8 Å². The number of rotatable bonds is 21. The number of hydrogen-bond acceptors (Lipinski definition) is 20. The smallest absolute Gasteiger partial charge is 0.250 e. The minimum Gasteiger partial charge on any atom is -0.491 e. The molecule has 2 spiro atoms. The first-order valence-electron chi connectivity index (χ1n) is 27.1. The second-order valence-electron chi connectivity index (χ2n) is 21.6. The van der Waals surface area contributed by atoms with E-state index in [4.69, 9.17) is 28.4 Å². The van der Waals surface area contributed by atoms with Crippen molar-refractivity contribution in [1.82, 2.24) is 9.80 Å². The Hall–Kier alpha value is -5.80. The van der Waals surface area contributed by atoms with Gasteiger partial charge >= 0.3 is 0 Å². The zero-order valence-electron chi connectivity index (χ0n) is 44.4. The summed E-state index contributed by atoms with van der Waals surface area (Å²) in [4.78, 5) is 61.2. The van der Waals surface area contributed by atoms with Crippen LogP contribution in [0.5, 0.6) is 11.5 Å². The third-order valence-corrected chi connectivity index (χ3v) is 17.2. The topological polar surface area (TPSA) is 316 Å². The van der Waals surface area contributed by atoms with Crippen molar-refractivity contribution in [1.29, 1.82) is 0 Å². The predicted molar refractivity (Wildman–Crippen MR) is 284 cm³/mol. The molecular formula is C58H70N4O18. The molecule has 16 atom stereocenters. The molecular weight excluding hydrogens is 1040 g/mol. The third-order valence-electron chi connectivity index (χ3n) is 17.2. The van der Waals surface area contributed by atoms with Crippen LogP contribution < -0.4 is 20.1 Å². The summed E-state index contributed by atoms with van der Waals surface area (Å²) < 4.78 is 34.9. The van der Waals surface area contributed by atoms with E-state index in [1.54, 1.807) is 74.8 Å². The van der Waals surface area contributed by atoms with Crippen LogP contribution in [-0.2, 0) is 49.2 Å². The summed E-state index contributed by atoms with van der Waals surface area (Å²) in [5.41, 5.74) is 1.22. The molecule has 10 N–H and O–H groups in total. The van der Waals surface area contributed by atoms with Crippen LogP contribution in [0.3, 0.4) is 0 Å². The van der Waals surface area contributed by atoms with Crippen LogP contribution in [0.4, 0.5) is 11.4 Å². The van der Waals surface area contributed by atoms with E-state index in [0.29, 0.717) is 60.3 Å². The van der Waals surface area contributed by atoms with E-state index in [-0.39, 0.29) is 51.1 Å². The fourth-order valence-electron chi connectivity index (χ4n) is 13.3. The lowest BCUT2D eigenvalue weighted by molar-refractivity contribution is -0.230. The zero-order chi connectivity index (χ0) is 56.6. The quantitative estimate of drug-likeness (QED) is 0.0482. The number of likely N-dealkylation sites (N-methyl/N-ethyl adjacent to an activating group) is 2. The Labute approximate surface area is 461 Å². The molecule has 0 saturated carbocycles. The molecule has 4 aromatic rings. The highest BCUT2D eigenvalue weighted by Gasteiger charge is 2.66. The number of carbonyl (C=O) groups excluding carboxylic acids is 4. The van der Waals surface area contributed by atoms with Gasteiger partial charge in [-0.25, -0.2) is 0 Å². The van der Waals surface area contributed by atoms with Gasteiger partial charge in [-0.05, 0) is 61.6 Å². The number of Topliss-reactive ketones (excluding diaryl/α,β-unsaturated/α-hetero) is 2. The second-order valence-corrected chi connectivity index (χ2v) is 21.6. The summed E-state index contributed by atoms with van der Waals surface area (Å²) in [6.45, 7) is 0.959. The Bertz CT molecular complexity index is 2670. The maximum Gasteiger partial charge on any atom is 0.250 e. The predicted octanol–water partition coefficient (Wildman–Crippen LogP) is -0.234. The van der Waals surface area contributed by atoms with Crippen LogP contribution in [0.2, 0.25) is 0 Å². The lowest BCUT2D eigenvalue weighted by Gasteiger charge is -2.41. The van der Waals surface area contributed by atoms with Gasteiger partial charge in [0.2, 0.25) is 11.8 Å². The van der Waals surface area contributed by atoms with E-state index >= 15 is 0 Å². The van der Waals surface area contributed by atoms with Crippen molar-refractivity contribution in [2.75, 3.05) is 90.7 Å². The summed E-state index contributed by atoms with van der Waals surface area (Å²) in [5.74, 6) is -3.29. The Morgan fingerprint density at radius 3 is 1.24 bits per heavy atom. The molecule has 0 unspecified atom stereocenters. The van der Waals surface area contributed by atoms with Crippen molar-refractivity contribution < 1.29 is 88.5 Å². The van der Waals surface area contributed by atoms with E-state index in [9.17, 15) is 60.0 Å². The Kier molecular flexibility index (Phi) is 17.2. The van der Waals surface area contributed by atoms with Crippen molar-refractivity contribution in [2.45, 2.75) is 96.8 Å². The van der Waals surface area contributed by atoms with Gasteiger partial charge in [0.1, 0.15) is 96.2 Å². The van der Waals surface area contributed by atoms with E-state index in [1.807, 2.05) is 46.2 Å². The van der Waals surface area contributed by atoms with Gasteiger partial charge in [0.05, 0.1) is 63.7 Å². The first-order chi connectivity index (χ1) is 38.5. The lowest BCUT2D eigenvalue weighted by Crippen LogP contribution is -2.59. The summed E-state index contributed by atoms with van der Waals surface area (Å²) >= 11 is 0. The van der Waals surface area contributed by atoms with Gasteiger partial charge in [-0.1, -0.05) is 60.7 Å². The van der Waals surface area contributed by atoms with Gasteiger partial charge in [-0.15, -0.1) is 0 Å². The molecule has 2 amide bonds. The highest BCUT2D eigenvalue weighted by molar-refractivity contribution is 6.10. The van der Waals surface area contributed by atoms with Crippen LogP contribution in [0.1, 0.15) is 46.9 Å². The van der Waals surface area contributed by atoms with Crippen LogP contribution in [0.15, 0.2) is 97.1 Å². The van der Waals surface area contributed by atoms with Crippen LogP contribution >= 0.6 is 0 Å². The Balaban J connectivity index is 0.697. The molecule has 22 nitrogen and oxygen atoms in total. The van der Waals surface area contributed by atoms with Crippen LogP contribution in [0, 0.1) is 11.8 Å². The molecule has 0 aromatic heterocycles. The standard InChI is InChI=1S/C58H70N4O18/c1-61-27-35(47(57(61)37-7-3-5-9-39(37)59-55(57)73)41(65)25-43-49(67)53(71)51(69)45(29-63)79-43)31-11-15-33(16-12-31)77-23-21-75-19-20-76-22-24-78-34-17-13-32(14-18-34)36-28-62(2)58(38-8-4-6-10-40(38)60-56(58)74)48(36)42(66)26-44-50(68)54(72)52(70)46(30-64)80-44/h3-18,35-36,43-54,63-64,67-72H,19-30H2,1-2H3,(H,59,73)(H,60,74)/t35-,36+,43-,44-,45+,46+,47+,48-,49-,50-,51+,52+,53+,54+,57-,58+/m0/s1. The molecule has 80 heavy (non-hydrogen) atoms.